The highest BCUT2D eigenvalue weighted by atomic mass is 32.2. The van der Waals surface area contributed by atoms with Crippen molar-refractivity contribution in [2.45, 2.75) is 26.9 Å². The topological polar surface area (TPSA) is 81.7 Å². The summed E-state index contributed by atoms with van der Waals surface area (Å²) >= 11 is 0.920. The van der Waals surface area contributed by atoms with Crippen molar-refractivity contribution in [3.63, 3.8) is 0 Å². The number of carbonyl (C=O) groups is 3. The Hall–Kier alpha value is -2.02. The van der Waals surface area contributed by atoms with Crippen molar-refractivity contribution in [1.29, 1.82) is 0 Å². The van der Waals surface area contributed by atoms with Crippen molar-refractivity contribution in [3.05, 3.63) is 29.8 Å². The average molecular weight is 325 g/mol. The summed E-state index contributed by atoms with van der Waals surface area (Å²) in [5.74, 6) is -0.153. The van der Waals surface area contributed by atoms with Crippen molar-refractivity contribution >= 4 is 28.9 Å². The van der Waals surface area contributed by atoms with E-state index in [1.54, 1.807) is 26.0 Å². The van der Waals surface area contributed by atoms with Crippen LogP contribution in [0.25, 0.3) is 0 Å². The lowest BCUT2D eigenvalue weighted by atomic mass is 10.2. The molecule has 0 atom stereocenters. The molecule has 6 nitrogen and oxygen atoms in total. The Bertz CT molecular complexity index is 544. The fourth-order valence-corrected chi connectivity index (χ4v) is 2.00. The van der Waals surface area contributed by atoms with E-state index in [2.05, 4.69) is 5.32 Å². The Balaban J connectivity index is 2.59. The minimum atomic E-state index is -0.546. The number of amides is 1. The van der Waals surface area contributed by atoms with E-state index < -0.39 is 11.3 Å². The van der Waals surface area contributed by atoms with Crippen molar-refractivity contribution < 1.29 is 23.9 Å². The molecule has 0 fully saturated rings. The number of esters is 1. The maximum Gasteiger partial charge on any atom is 0.372 e. The van der Waals surface area contributed by atoms with Gasteiger partial charge in [0.2, 0.25) is 5.91 Å². The van der Waals surface area contributed by atoms with Crippen LogP contribution in [0, 0.1) is 0 Å². The second-order valence-corrected chi connectivity index (χ2v) is 5.66. The van der Waals surface area contributed by atoms with Crippen LogP contribution in [0.1, 0.15) is 31.1 Å². The number of para-hydroxylation sites is 1. The summed E-state index contributed by atoms with van der Waals surface area (Å²) in [5.41, 5.74) is 0.201. The second-order valence-electron chi connectivity index (χ2n) is 4.63. The molecule has 0 spiro atoms. The first-order valence-electron chi connectivity index (χ1n) is 6.79. The third kappa shape index (κ3) is 6.62. The Morgan fingerprint density at radius 3 is 2.55 bits per heavy atom. The number of rotatable bonds is 6. The fraction of sp³-hybridized carbons (Fsp3) is 0.400. The maximum absolute atomic E-state index is 11.9. The lowest BCUT2D eigenvalue weighted by Crippen LogP contribution is -2.23. The van der Waals surface area contributed by atoms with Gasteiger partial charge in [0.15, 0.2) is 0 Å². The molecular formula is C15H19NO5S. The van der Waals surface area contributed by atoms with Crippen LogP contribution in [-0.2, 0) is 9.53 Å². The quantitative estimate of drug-likeness (QED) is 0.639. The van der Waals surface area contributed by atoms with E-state index in [0.29, 0.717) is 12.3 Å². The van der Waals surface area contributed by atoms with E-state index in [0.717, 1.165) is 11.8 Å². The van der Waals surface area contributed by atoms with Gasteiger partial charge in [-0.25, -0.2) is 9.59 Å². The monoisotopic (exact) mass is 325 g/mol. The first kappa shape index (κ1) is 18.0. The fourth-order valence-electron chi connectivity index (χ4n) is 1.48. The van der Waals surface area contributed by atoms with E-state index >= 15 is 0 Å². The number of ether oxygens (including phenoxy) is 2. The van der Waals surface area contributed by atoms with E-state index in [1.165, 1.54) is 19.1 Å². The number of hydrogen-bond acceptors (Lipinski definition) is 6. The molecule has 0 bridgehead atoms. The molecule has 0 heterocycles. The first-order valence-corrected chi connectivity index (χ1v) is 7.77. The van der Waals surface area contributed by atoms with Crippen LogP contribution in [0.5, 0.6) is 5.75 Å². The lowest BCUT2D eigenvalue weighted by Gasteiger charge is -2.11. The summed E-state index contributed by atoms with van der Waals surface area (Å²) < 4.78 is 10.3. The summed E-state index contributed by atoms with van der Waals surface area (Å²) in [6.07, 6.45) is -0.261. The molecule has 1 N–H and O–H groups in total. The van der Waals surface area contributed by atoms with Crippen molar-refractivity contribution in [3.8, 4) is 5.75 Å². The van der Waals surface area contributed by atoms with Crippen molar-refractivity contribution in [2.24, 2.45) is 0 Å². The highest BCUT2D eigenvalue weighted by molar-refractivity contribution is 8.13. The average Bonchev–Trinajstić information content (AvgIpc) is 2.43. The molecule has 1 aromatic carbocycles. The van der Waals surface area contributed by atoms with Gasteiger partial charge in [-0.1, -0.05) is 12.1 Å². The molecule has 1 amide bonds. The molecular weight excluding hydrogens is 306 g/mol. The summed E-state index contributed by atoms with van der Waals surface area (Å²) in [6, 6.07) is 6.40. The van der Waals surface area contributed by atoms with Gasteiger partial charge >= 0.3 is 11.3 Å². The minimum absolute atomic E-state index is 0.157. The molecule has 0 saturated heterocycles. The molecule has 22 heavy (non-hydrogen) atoms. The lowest BCUT2D eigenvalue weighted by molar-refractivity contribution is -0.118. The van der Waals surface area contributed by atoms with Gasteiger partial charge in [-0.05, 0) is 37.7 Å². The van der Waals surface area contributed by atoms with Crippen LogP contribution < -0.4 is 10.1 Å². The molecule has 0 aliphatic heterocycles. The third-order valence-electron chi connectivity index (χ3n) is 2.34. The third-order valence-corrected chi connectivity index (χ3v) is 3.07. The highest BCUT2D eigenvalue weighted by Gasteiger charge is 2.17. The van der Waals surface area contributed by atoms with Crippen LogP contribution in [0.4, 0.5) is 4.79 Å². The molecule has 0 unspecified atom stereocenters. The number of thioether (sulfide) groups is 1. The summed E-state index contributed by atoms with van der Waals surface area (Å²) in [4.78, 5) is 34.4. The molecule has 1 rings (SSSR count). The first-order chi connectivity index (χ1) is 10.4. The van der Waals surface area contributed by atoms with E-state index in [9.17, 15) is 14.4 Å². The van der Waals surface area contributed by atoms with Crippen LogP contribution in [0.15, 0.2) is 24.3 Å². The molecule has 1 aromatic rings. The van der Waals surface area contributed by atoms with Gasteiger partial charge < -0.3 is 14.8 Å². The summed E-state index contributed by atoms with van der Waals surface area (Å²) in [6.45, 7) is 5.25. The molecule has 0 saturated carbocycles. The van der Waals surface area contributed by atoms with Crippen LogP contribution in [0.2, 0.25) is 0 Å². The highest BCUT2D eigenvalue weighted by Crippen LogP contribution is 2.21. The summed E-state index contributed by atoms with van der Waals surface area (Å²) in [5, 5.41) is 2.03. The molecule has 0 aliphatic carbocycles. The Labute approximate surface area is 133 Å². The van der Waals surface area contributed by atoms with Crippen LogP contribution >= 0.6 is 11.8 Å². The largest absolute Gasteiger partial charge is 0.459 e. The normalized spacial score (nSPS) is 10.2. The number of carbonyl (C=O) groups excluding carboxylic acids is 3. The number of benzene rings is 1. The van der Waals surface area contributed by atoms with E-state index in [-0.39, 0.29) is 23.3 Å². The smallest absolute Gasteiger partial charge is 0.372 e. The van der Waals surface area contributed by atoms with Gasteiger partial charge in [0.1, 0.15) is 11.3 Å². The van der Waals surface area contributed by atoms with Gasteiger partial charge in [0, 0.05) is 19.2 Å². The molecule has 0 radical (unpaired) electrons. The molecule has 0 aliphatic rings. The van der Waals surface area contributed by atoms with Gasteiger partial charge in [-0.3, -0.25) is 4.79 Å². The molecule has 0 aromatic heterocycles. The molecule has 7 heteroatoms. The predicted molar refractivity (Wildman–Crippen MR) is 84.2 cm³/mol. The van der Waals surface area contributed by atoms with Gasteiger partial charge in [0.05, 0.1) is 6.10 Å². The van der Waals surface area contributed by atoms with Crippen LogP contribution in [0.3, 0.4) is 0 Å². The Kier molecular flexibility index (Phi) is 7.45. The van der Waals surface area contributed by atoms with Gasteiger partial charge in [-0.15, -0.1) is 0 Å². The van der Waals surface area contributed by atoms with Gasteiger partial charge in [0.25, 0.3) is 0 Å². The number of nitrogens with one attached hydrogen (secondary N) is 1. The summed E-state index contributed by atoms with van der Waals surface area (Å²) in [7, 11) is 0. The zero-order chi connectivity index (χ0) is 16.5. The maximum atomic E-state index is 11.9. The second kappa shape index (κ2) is 9.09. The van der Waals surface area contributed by atoms with E-state index in [4.69, 9.17) is 9.47 Å². The number of hydrogen-bond donors (Lipinski definition) is 1. The zero-order valence-electron chi connectivity index (χ0n) is 12.8. The Morgan fingerprint density at radius 2 is 1.91 bits per heavy atom. The predicted octanol–water partition coefficient (Wildman–Crippen LogP) is 2.62. The standard InChI is InChI=1S/C15H19NO5S/c1-10(2)20-14(18)12-6-4-5-7-13(12)21-15(19)22-9-8-16-11(3)17/h4-7,10H,8-9H2,1-3H3,(H,16,17). The SMILES string of the molecule is CC(=O)NCCSC(=O)Oc1ccccc1C(=O)OC(C)C. The van der Waals surface area contributed by atoms with E-state index in [1.807, 2.05) is 0 Å². The Morgan fingerprint density at radius 1 is 1.23 bits per heavy atom. The minimum Gasteiger partial charge on any atom is -0.459 e. The van der Waals surface area contributed by atoms with Crippen LogP contribution in [-0.4, -0.2) is 35.6 Å². The molecule has 120 valence electrons. The van der Waals surface area contributed by atoms with Crippen molar-refractivity contribution in [1.82, 2.24) is 5.32 Å². The van der Waals surface area contributed by atoms with Crippen molar-refractivity contribution in [2.75, 3.05) is 12.3 Å². The van der Waals surface area contributed by atoms with Gasteiger partial charge in [-0.2, -0.15) is 0 Å². The zero-order valence-corrected chi connectivity index (χ0v) is 13.6.